The fourth-order valence-corrected chi connectivity index (χ4v) is 1.15. The first kappa shape index (κ1) is 6.84. The Labute approximate surface area is 69.1 Å². The van der Waals surface area contributed by atoms with Gasteiger partial charge >= 0.3 is 0 Å². The van der Waals surface area contributed by atoms with Crippen molar-refractivity contribution >= 4 is 11.4 Å². The Bertz CT molecular complexity index is 429. The minimum Gasteiger partial charge on any atom is -0.382 e. The van der Waals surface area contributed by atoms with E-state index >= 15 is 0 Å². The van der Waals surface area contributed by atoms with Gasteiger partial charge in [-0.15, -0.1) is 0 Å². The van der Waals surface area contributed by atoms with Gasteiger partial charge in [-0.1, -0.05) is 6.07 Å². The molecular formula is C8H8N4. The number of amidine groups is 1. The Hall–Kier alpha value is -1.84. The molecule has 0 spiro atoms. The fourth-order valence-electron chi connectivity index (χ4n) is 1.15. The van der Waals surface area contributed by atoms with Crippen molar-refractivity contribution in [3.05, 3.63) is 36.2 Å². The van der Waals surface area contributed by atoms with E-state index in [0.29, 0.717) is 5.69 Å². The molecule has 0 aliphatic heterocycles. The molecule has 0 aromatic carbocycles. The Balaban J connectivity index is 2.82. The number of hydrogen-bond acceptors (Lipinski definition) is 2. The van der Waals surface area contributed by atoms with Crippen molar-refractivity contribution in [3.8, 4) is 0 Å². The minimum absolute atomic E-state index is 0.0318. The van der Waals surface area contributed by atoms with E-state index in [2.05, 4.69) is 5.10 Å². The average Bonchev–Trinajstić information content (AvgIpc) is 2.49. The molecular weight excluding hydrogens is 152 g/mol. The molecule has 60 valence electrons. The summed E-state index contributed by atoms with van der Waals surface area (Å²) in [4.78, 5) is 0. The lowest BCUT2D eigenvalue weighted by Crippen LogP contribution is -2.15. The van der Waals surface area contributed by atoms with Crippen LogP contribution in [0.25, 0.3) is 5.52 Å². The summed E-state index contributed by atoms with van der Waals surface area (Å²) in [7, 11) is 0. The second-order valence-electron chi connectivity index (χ2n) is 2.49. The topological polar surface area (TPSA) is 67.2 Å². The second kappa shape index (κ2) is 2.34. The molecule has 2 rings (SSSR count). The van der Waals surface area contributed by atoms with E-state index < -0.39 is 0 Å². The molecule has 0 unspecified atom stereocenters. The molecule has 4 nitrogen and oxygen atoms in total. The van der Waals surface area contributed by atoms with Gasteiger partial charge in [0.05, 0.1) is 11.7 Å². The normalized spacial score (nSPS) is 10.3. The number of fused-ring (bicyclic) bond motifs is 1. The van der Waals surface area contributed by atoms with Crippen LogP contribution in [0.15, 0.2) is 30.5 Å². The number of aromatic nitrogens is 2. The third kappa shape index (κ3) is 0.852. The molecule has 12 heavy (non-hydrogen) atoms. The molecule has 3 N–H and O–H groups in total. The van der Waals surface area contributed by atoms with Crippen LogP contribution in [-0.2, 0) is 0 Å². The summed E-state index contributed by atoms with van der Waals surface area (Å²) in [6, 6.07) is 7.40. The van der Waals surface area contributed by atoms with Gasteiger partial charge in [-0.3, -0.25) is 5.41 Å². The van der Waals surface area contributed by atoms with Gasteiger partial charge in [-0.2, -0.15) is 5.10 Å². The highest BCUT2D eigenvalue weighted by Crippen LogP contribution is 2.04. The van der Waals surface area contributed by atoms with E-state index in [9.17, 15) is 0 Å². The molecule has 2 aromatic rings. The summed E-state index contributed by atoms with van der Waals surface area (Å²) in [6.07, 6.45) is 1.68. The SMILES string of the molecule is N=C(N)c1cccc2ccnn12. The maximum Gasteiger partial charge on any atom is 0.141 e. The molecule has 0 radical (unpaired) electrons. The smallest absolute Gasteiger partial charge is 0.141 e. The predicted octanol–water partition coefficient (Wildman–Crippen LogP) is 0.618. The number of nitrogen functional groups attached to an aromatic ring is 1. The van der Waals surface area contributed by atoms with Crippen molar-refractivity contribution in [2.75, 3.05) is 0 Å². The third-order valence-electron chi connectivity index (χ3n) is 1.70. The van der Waals surface area contributed by atoms with Crippen LogP contribution in [0.2, 0.25) is 0 Å². The Morgan fingerprint density at radius 1 is 1.42 bits per heavy atom. The van der Waals surface area contributed by atoms with Crippen molar-refractivity contribution < 1.29 is 0 Å². The number of nitrogens with two attached hydrogens (primary N) is 1. The van der Waals surface area contributed by atoms with Crippen molar-refractivity contribution in [2.24, 2.45) is 5.73 Å². The van der Waals surface area contributed by atoms with Crippen LogP contribution in [0.4, 0.5) is 0 Å². The maximum atomic E-state index is 7.27. The highest BCUT2D eigenvalue weighted by Gasteiger charge is 2.01. The standard InChI is InChI=1S/C8H8N4/c9-8(10)7-3-1-2-6-4-5-11-12(6)7/h1-5H,(H3,9,10). The molecule has 0 saturated carbocycles. The lowest BCUT2D eigenvalue weighted by Gasteiger charge is -2.00. The molecule has 4 heteroatoms. The molecule has 0 amide bonds. The largest absolute Gasteiger partial charge is 0.382 e. The zero-order valence-corrected chi connectivity index (χ0v) is 6.36. The van der Waals surface area contributed by atoms with Gasteiger partial charge in [0.2, 0.25) is 0 Å². The summed E-state index contributed by atoms with van der Waals surface area (Å²) in [6.45, 7) is 0. The summed E-state index contributed by atoms with van der Waals surface area (Å²) in [5.74, 6) is 0.0318. The van der Waals surface area contributed by atoms with Crippen molar-refractivity contribution in [3.63, 3.8) is 0 Å². The van der Waals surface area contributed by atoms with Gasteiger partial charge in [0.15, 0.2) is 0 Å². The van der Waals surface area contributed by atoms with E-state index in [4.69, 9.17) is 11.1 Å². The van der Waals surface area contributed by atoms with Crippen LogP contribution in [0.3, 0.4) is 0 Å². The summed E-state index contributed by atoms with van der Waals surface area (Å²) < 4.78 is 1.64. The van der Waals surface area contributed by atoms with E-state index in [-0.39, 0.29) is 5.84 Å². The van der Waals surface area contributed by atoms with Crippen LogP contribution in [0.5, 0.6) is 0 Å². The lowest BCUT2D eigenvalue weighted by molar-refractivity contribution is 0.943. The first-order valence-corrected chi connectivity index (χ1v) is 3.56. The molecule has 2 heterocycles. The molecule has 0 atom stereocenters. The second-order valence-corrected chi connectivity index (χ2v) is 2.49. The van der Waals surface area contributed by atoms with Crippen molar-refractivity contribution in [1.82, 2.24) is 9.61 Å². The average molecular weight is 160 g/mol. The number of rotatable bonds is 1. The Morgan fingerprint density at radius 3 is 3.00 bits per heavy atom. The monoisotopic (exact) mass is 160 g/mol. The fraction of sp³-hybridized carbons (Fsp3) is 0. The maximum absolute atomic E-state index is 7.27. The van der Waals surface area contributed by atoms with Gasteiger partial charge in [-0.25, -0.2) is 4.52 Å². The summed E-state index contributed by atoms with van der Waals surface area (Å²) >= 11 is 0. The predicted molar refractivity (Wildman–Crippen MR) is 46.2 cm³/mol. The number of pyridine rings is 1. The highest BCUT2D eigenvalue weighted by atomic mass is 15.2. The number of nitrogens with zero attached hydrogens (tertiary/aromatic N) is 2. The zero-order chi connectivity index (χ0) is 8.55. The van der Waals surface area contributed by atoms with E-state index in [1.807, 2.05) is 18.2 Å². The van der Waals surface area contributed by atoms with Gasteiger partial charge in [0.25, 0.3) is 0 Å². The van der Waals surface area contributed by atoms with E-state index in [0.717, 1.165) is 5.52 Å². The Kier molecular flexibility index (Phi) is 1.33. The van der Waals surface area contributed by atoms with Crippen LogP contribution >= 0.6 is 0 Å². The first-order chi connectivity index (χ1) is 5.79. The van der Waals surface area contributed by atoms with Gasteiger partial charge in [0.1, 0.15) is 11.5 Å². The number of nitrogens with one attached hydrogen (secondary N) is 1. The summed E-state index contributed by atoms with van der Waals surface area (Å²) in [5, 5.41) is 11.3. The molecule has 0 aliphatic rings. The van der Waals surface area contributed by atoms with Gasteiger partial charge < -0.3 is 5.73 Å². The lowest BCUT2D eigenvalue weighted by atomic mass is 10.3. The quantitative estimate of drug-likeness (QED) is 0.474. The van der Waals surface area contributed by atoms with Gasteiger partial charge in [-0.05, 0) is 18.2 Å². The Morgan fingerprint density at radius 2 is 2.25 bits per heavy atom. The zero-order valence-electron chi connectivity index (χ0n) is 6.36. The van der Waals surface area contributed by atoms with Crippen molar-refractivity contribution in [2.45, 2.75) is 0 Å². The van der Waals surface area contributed by atoms with Crippen LogP contribution in [0, 0.1) is 5.41 Å². The minimum atomic E-state index is 0.0318. The van der Waals surface area contributed by atoms with Crippen molar-refractivity contribution in [1.29, 1.82) is 5.41 Å². The molecule has 2 aromatic heterocycles. The molecule has 0 aliphatic carbocycles. The highest BCUT2D eigenvalue weighted by molar-refractivity contribution is 5.93. The van der Waals surface area contributed by atoms with Crippen LogP contribution in [0.1, 0.15) is 5.69 Å². The van der Waals surface area contributed by atoms with Crippen LogP contribution in [-0.4, -0.2) is 15.4 Å². The van der Waals surface area contributed by atoms with E-state index in [1.54, 1.807) is 16.8 Å². The van der Waals surface area contributed by atoms with Gasteiger partial charge in [0, 0.05) is 0 Å². The van der Waals surface area contributed by atoms with E-state index in [1.165, 1.54) is 0 Å². The molecule has 0 saturated heterocycles. The number of hydrogen-bond donors (Lipinski definition) is 2. The molecule has 0 fully saturated rings. The van der Waals surface area contributed by atoms with Crippen LogP contribution < -0.4 is 5.73 Å². The molecule has 0 bridgehead atoms. The first-order valence-electron chi connectivity index (χ1n) is 3.56. The summed E-state index contributed by atoms with van der Waals surface area (Å²) in [5.41, 5.74) is 6.93. The third-order valence-corrected chi connectivity index (χ3v) is 1.70.